The Kier molecular flexibility index (Phi) is 5.83. The van der Waals surface area contributed by atoms with Crippen molar-refractivity contribution in [3.8, 4) is 11.3 Å². The molecule has 3 fully saturated rings. The van der Waals surface area contributed by atoms with Gasteiger partial charge < -0.3 is 19.0 Å². The first-order valence-electron chi connectivity index (χ1n) is 12.9. The van der Waals surface area contributed by atoms with Gasteiger partial charge in [0.25, 0.3) is 0 Å². The van der Waals surface area contributed by atoms with Crippen LogP contribution in [0.3, 0.4) is 0 Å². The van der Waals surface area contributed by atoms with Crippen LogP contribution in [0, 0.1) is 5.92 Å². The first kappa shape index (κ1) is 24.4. The fourth-order valence-corrected chi connectivity index (χ4v) is 5.56. The van der Waals surface area contributed by atoms with Gasteiger partial charge in [0.1, 0.15) is 11.4 Å². The highest BCUT2D eigenvalue weighted by Gasteiger charge is 2.52. The molecule has 5 rings (SSSR count). The van der Waals surface area contributed by atoms with Crippen LogP contribution >= 0.6 is 0 Å². The van der Waals surface area contributed by atoms with Crippen molar-refractivity contribution in [3.63, 3.8) is 0 Å². The molecule has 2 aromatic rings. The standard InChI is InChI=1S/C27H38BN3O4/c1-25(2,3)33-24(32)31-21-10-8-9-18(21)15-22(31)23-29-16-20(30-23)17-11-13-19(14-12-17)28-34-26(4,5)27(6,7)35-28/h11-14,16,18,21-22H,8-10,15H2,1-7H3,(H,29,30)/t18-,21-,22?/m0/s1. The lowest BCUT2D eigenvalue weighted by Crippen LogP contribution is -2.41. The molecular weight excluding hydrogens is 441 g/mol. The topological polar surface area (TPSA) is 76.7 Å². The number of rotatable bonds is 3. The number of ether oxygens (including phenoxy) is 1. The number of carbonyl (C=O) groups excluding carboxylic acids is 1. The van der Waals surface area contributed by atoms with Gasteiger partial charge in [-0.05, 0) is 84.7 Å². The minimum Gasteiger partial charge on any atom is -0.444 e. The van der Waals surface area contributed by atoms with Crippen LogP contribution in [-0.4, -0.2) is 50.9 Å². The van der Waals surface area contributed by atoms with Gasteiger partial charge in [-0.1, -0.05) is 30.7 Å². The van der Waals surface area contributed by atoms with E-state index in [0.29, 0.717) is 5.92 Å². The second kappa shape index (κ2) is 8.37. The summed E-state index contributed by atoms with van der Waals surface area (Å²) in [4.78, 5) is 23.3. The molecule has 0 radical (unpaired) electrons. The summed E-state index contributed by atoms with van der Waals surface area (Å²) in [6.07, 6.45) is 5.92. The number of benzene rings is 1. The lowest BCUT2D eigenvalue weighted by Gasteiger charge is -2.32. The molecule has 1 aromatic heterocycles. The fourth-order valence-electron chi connectivity index (χ4n) is 5.56. The van der Waals surface area contributed by atoms with Gasteiger partial charge in [-0.15, -0.1) is 0 Å². The van der Waals surface area contributed by atoms with Crippen molar-refractivity contribution in [2.75, 3.05) is 0 Å². The Morgan fingerprint density at radius 1 is 1.11 bits per heavy atom. The van der Waals surface area contributed by atoms with Crippen LogP contribution in [-0.2, 0) is 14.0 Å². The third-order valence-corrected chi connectivity index (χ3v) is 8.10. The van der Waals surface area contributed by atoms with E-state index in [-0.39, 0.29) is 36.5 Å². The average molecular weight is 479 g/mol. The van der Waals surface area contributed by atoms with E-state index in [2.05, 4.69) is 44.8 Å². The highest BCUT2D eigenvalue weighted by Crippen LogP contribution is 2.47. The first-order valence-corrected chi connectivity index (χ1v) is 12.9. The number of nitrogens with zero attached hydrogens (tertiary/aromatic N) is 2. The number of aromatic amines is 1. The highest BCUT2D eigenvalue weighted by atomic mass is 16.7. The Morgan fingerprint density at radius 3 is 2.40 bits per heavy atom. The maximum atomic E-state index is 13.2. The summed E-state index contributed by atoms with van der Waals surface area (Å²) in [5.41, 5.74) is 1.70. The van der Waals surface area contributed by atoms with E-state index < -0.39 is 5.60 Å². The second-order valence-corrected chi connectivity index (χ2v) is 12.3. The zero-order valence-corrected chi connectivity index (χ0v) is 22.1. The molecule has 7 nitrogen and oxygen atoms in total. The molecule has 2 saturated heterocycles. The largest absolute Gasteiger partial charge is 0.494 e. The van der Waals surface area contributed by atoms with Crippen molar-refractivity contribution in [3.05, 3.63) is 36.3 Å². The van der Waals surface area contributed by atoms with Crippen molar-refractivity contribution in [2.24, 2.45) is 5.92 Å². The Labute approximate surface area is 209 Å². The maximum Gasteiger partial charge on any atom is 0.494 e. The Hall–Kier alpha value is -2.32. The summed E-state index contributed by atoms with van der Waals surface area (Å²) < 4.78 is 18.1. The predicted octanol–water partition coefficient (Wildman–Crippen LogP) is 5.23. The zero-order valence-electron chi connectivity index (χ0n) is 22.1. The van der Waals surface area contributed by atoms with E-state index in [1.807, 2.05) is 44.0 Å². The monoisotopic (exact) mass is 479 g/mol. The fraction of sp³-hybridized carbons (Fsp3) is 0.630. The van der Waals surface area contributed by atoms with Crippen LogP contribution < -0.4 is 5.46 Å². The third kappa shape index (κ3) is 4.51. The van der Waals surface area contributed by atoms with Gasteiger partial charge in [0.2, 0.25) is 0 Å². The van der Waals surface area contributed by atoms with Gasteiger partial charge in [-0.3, -0.25) is 4.90 Å². The molecule has 0 spiro atoms. The van der Waals surface area contributed by atoms with Crippen molar-refractivity contribution in [2.45, 2.75) is 103 Å². The summed E-state index contributed by atoms with van der Waals surface area (Å²) in [6, 6.07) is 8.37. The molecule has 35 heavy (non-hydrogen) atoms. The van der Waals surface area contributed by atoms with Crippen LogP contribution in [0.2, 0.25) is 0 Å². The first-order chi connectivity index (χ1) is 16.3. The second-order valence-electron chi connectivity index (χ2n) is 12.3. The molecule has 188 valence electrons. The lowest BCUT2D eigenvalue weighted by molar-refractivity contribution is 0.00578. The zero-order chi connectivity index (χ0) is 25.2. The molecule has 1 amide bonds. The smallest absolute Gasteiger partial charge is 0.444 e. The Morgan fingerprint density at radius 2 is 1.77 bits per heavy atom. The van der Waals surface area contributed by atoms with E-state index >= 15 is 0 Å². The molecular formula is C27H38BN3O4. The number of likely N-dealkylation sites (tertiary alicyclic amines) is 1. The molecule has 8 heteroatoms. The number of H-pyrrole nitrogens is 1. The number of aromatic nitrogens is 2. The minimum absolute atomic E-state index is 0.0853. The summed E-state index contributed by atoms with van der Waals surface area (Å²) in [6.45, 7) is 14.0. The molecule has 3 heterocycles. The predicted molar refractivity (Wildman–Crippen MR) is 136 cm³/mol. The molecule has 1 unspecified atom stereocenters. The molecule has 3 atom stereocenters. The van der Waals surface area contributed by atoms with Gasteiger partial charge in [0, 0.05) is 6.04 Å². The summed E-state index contributed by atoms with van der Waals surface area (Å²) >= 11 is 0. The van der Waals surface area contributed by atoms with Crippen molar-refractivity contribution >= 4 is 18.7 Å². The molecule has 1 aliphatic carbocycles. The van der Waals surface area contributed by atoms with Crippen LogP contribution in [0.15, 0.2) is 30.5 Å². The molecule has 1 aromatic carbocycles. The van der Waals surface area contributed by atoms with E-state index in [1.165, 1.54) is 6.42 Å². The number of hydrogen-bond donors (Lipinski definition) is 1. The van der Waals surface area contributed by atoms with Gasteiger partial charge in [-0.2, -0.15) is 0 Å². The van der Waals surface area contributed by atoms with Crippen molar-refractivity contribution in [1.29, 1.82) is 0 Å². The highest BCUT2D eigenvalue weighted by molar-refractivity contribution is 6.62. The number of fused-ring (bicyclic) bond motifs is 1. The normalized spacial score (nSPS) is 27.3. The van der Waals surface area contributed by atoms with Crippen LogP contribution in [0.25, 0.3) is 11.3 Å². The maximum absolute atomic E-state index is 13.2. The average Bonchev–Trinajstić information content (AvgIpc) is 3.49. The van der Waals surface area contributed by atoms with Gasteiger partial charge in [0.15, 0.2) is 0 Å². The lowest BCUT2D eigenvalue weighted by atomic mass is 9.79. The number of imidazole rings is 1. The van der Waals surface area contributed by atoms with Crippen LogP contribution in [0.1, 0.15) is 86.0 Å². The van der Waals surface area contributed by atoms with E-state index in [4.69, 9.17) is 19.0 Å². The Balaban J connectivity index is 1.34. The molecule has 0 bridgehead atoms. The van der Waals surface area contributed by atoms with Gasteiger partial charge >= 0.3 is 13.2 Å². The summed E-state index contributed by atoms with van der Waals surface area (Å²) in [5, 5.41) is 0. The summed E-state index contributed by atoms with van der Waals surface area (Å²) in [5.74, 6) is 1.34. The van der Waals surface area contributed by atoms with Gasteiger partial charge in [0.05, 0.1) is 29.1 Å². The van der Waals surface area contributed by atoms with E-state index in [1.54, 1.807) is 0 Å². The SMILES string of the molecule is CC(C)(C)OC(=O)N1C(c2ncc(-c3ccc(B4OC(C)(C)C(C)(C)O4)cc3)[nH]2)C[C@@H]2CCC[C@@H]21. The molecule has 2 aliphatic heterocycles. The number of hydrogen-bond acceptors (Lipinski definition) is 5. The van der Waals surface area contributed by atoms with E-state index in [9.17, 15) is 4.79 Å². The Bertz CT molecular complexity index is 1070. The van der Waals surface area contributed by atoms with Crippen molar-refractivity contribution in [1.82, 2.24) is 14.9 Å². The van der Waals surface area contributed by atoms with E-state index in [0.717, 1.165) is 41.8 Å². The number of carbonyl (C=O) groups is 1. The number of nitrogens with one attached hydrogen (secondary N) is 1. The molecule has 1 N–H and O–H groups in total. The quantitative estimate of drug-likeness (QED) is 0.611. The molecule has 1 saturated carbocycles. The number of amides is 1. The third-order valence-electron chi connectivity index (χ3n) is 8.10. The van der Waals surface area contributed by atoms with Crippen LogP contribution in [0.4, 0.5) is 4.79 Å². The summed E-state index contributed by atoms with van der Waals surface area (Å²) in [7, 11) is -0.383. The minimum atomic E-state index is -0.522. The van der Waals surface area contributed by atoms with Crippen LogP contribution in [0.5, 0.6) is 0 Å². The van der Waals surface area contributed by atoms with Gasteiger partial charge in [-0.25, -0.2) is 9.78 Å². The van der Waals surface area contributed by atoms with Crippen molar-refractivity contribution < 1.29 is 18.8 Å². The molecule has 3 aliphatic rings.